The zero-order valence-electron chi connectivity index (χ0n) is 19.0. The molecule has 1 amide bonds. The van der Waals surface area contributed by atoms with E-state index in [1.54, 1.807) is 22.9 Å². The van der Waals surface area contributed by atoms with Crippen LogP contribution in [0.3, 0.4) is 0 Å². The normalized spacial score (nSPS) is 25.5. The molecule has 1 aromatic heterocycles. The van der Waals surface area contributed by atoms with Gasteiger partial charge < -0.3 is 34.8 Å². The maximum absolute atomic E-state index is 12.9. The van der Waals surface area contributed by atoms with Crippen molar-refractivity contribution in [2.75, 3.05) is 45.2 Å². The molecule has 1 aromatic carbocycles. The number of carbonyl (C=O) groups is 1. The minimum atomic E-state index is -1.13. The van der Waals surface area contributed by atoms with E-state index < -0.39 is 24.4 Å². The van der Waals surface area contributed by atoms with Crippen LogP contribution in [0.2, 0.25) is 0 Å². The van der Waals surface area contributed by atoms with E-state index in [9.17, 15) is 15.0 Å². The third-order valence-corrected chi connectivity index (χ3v) is 6.21. The number of carbonyl (C=O) groups excluding carboxylic acids is 1. The number of nitrogens with one attached hydrogen (secondary N) is 1. The first-order chi connectivity index (χ1) is 16.0. The first-order valence-corrected chi connectivity index (χ1v) is 11.2. The number of aromatic nitrogens is 3. The molecule has 33 heavy (non-hydrogen) atoms. The van der Waals surface area contributed by atoms with Crippen molar-refractivity contribution >= 4 is 11.6 Å². The Bertz CT molecular complexity index is 932. The van der Waals surface area contributed by atoms with Crippen LogP contribution in [0.5, 0.6) is 5.75 Å². The number of ether oxygens (including phenoxy) is 2. The van der Waals surface area contributed by atoms with Gasteiger partial charge in [0.1, 0.15) is 24.1 Å². The summed E-state index contributed by atoms with van der Waals surface area (Å²) < 4.78 is 12.9. The van der Waals surface area contributed by atoms with E-state index in [4.69, 9.17) is 9.47 Å². The number of methoxy groups -OCH3 is 1. The van der Waals surface area contributed by atoms with E-state index in [0.29, 0.717) is 32.7 Å². The summed E-state index contributed by atoms with van der Waals surface area (Å²) >= 11 is 0. The van der Waals surface area contributed by atoms with Crippen LogP contribution in [0.25, 0.3) is 0 Å². The maximum atomic E-state index is 12.9. The van der Waals surface area contributed by atoms with E-state index >= 15 is 0 Å². The van der Waals surface area contributed by atoms with Crippen LogP contribution in [0.15, 0.2) is 30.5 Å². The molecule has 4 atom stereocenters. The zero-order chi connectivity index (χ0) is 23.4. The van der Waals surface area contributed by atoms with Crippen molar-refractivity contribution in [3.63, 3.8) is 0 Å². The SMILES string of the molecule is CNCc1cn(CC2OC(CC(=O)N3CCN(c4ccccc4OC)CC3)C(O)C2O)nn1. The van der Waals surface area contributed by atoms with Gasteiger partial charge in [-0.2, -0.15) is 0 Å². The summed E-state index contributed by atoms with van der Waals surface area (Å²) in [6.45, 7) is 3.34. The third-order valence-electron chi connectivity index (χ3n) is 6.21. The van der Waals surface area contributed by atoms with Crippen LogP contribution < -0.4 is 15.0 Å². The molecular formula is C22H32N6O5. The summed E-state index contributed by atoms with van der Waals surface area (Å²) in [5.41, 5.74) is 1.78. The predicted octanol–water partition coefficient (Wildman–Crippen LogP) is -0.766. The highest BCUT2D eigenvalue weighted by atomic mass is 16.5. The van der Waals surface area contributed by atoms with Gasteiger partial charge in [0, 0.05) is 38.9 Å². The summed E-state index contributed by atoms with van der Waals surface area (Å²) in [5.74, 6) is 0.717. The number of aliphatic hydroxyl groups excluding tert-OH is 2. The number of anilines is 1. The van der Waals surface area contributed by atoms with Gasteiger partial charge in [0.25, 0.3) is 0 Å². The predicted molar refractivity (Wildman–Crippen MR) is 120 cm³/mol. The number of amides is 1. The molecule has 0 aliphatic carbocycles. The number of hydrogen-bond donors (Lipinski definition) is 3. The standard InChI is InChI=1S/C22H32N6O5/c1-23-12-15-13-28(25-24-15)14-19-22(31)21(30)18(33-19)11-20(29)27-9-7-26(8-10-27)16-5-3-4-6-17(16)32-2/h3-6,13,18-19,21-23,30-31H,7-12,14H2,1-2H3. The van der Waals surface area contributed by atoms with Crippen molar-refractivity contribution in [3.8, 4) is 5.75 Å². The molecule has 4 rings (SSSR count). The number of para-hydroxylation sites is 2. The molecule has 2 aliphatic heterocycles. The maximum Gasteiger partial charge on any atom is 0.225 e. The van der Waals surface area contributed by atoms with Gasteiger partial charge in [0.15, 0.2) is 0 Å². The second kappa shape index (κ2) is 10.5. The third kappa shape index (κ3) is 5.27. The Morgan fingerprint density at radius 3 is 2.64 bits per heavy atom. The average Bonchev–Trinajstić information content (AvgIpc) is 3.39. The van der Waals surface area contributed by atoms with Crippen molar-refractivity contribution in [2.24, 2.45) is 0 Å². The molecule has 3 heterocycles. The molecule has 4 unspecified atom stereocenters. The molecule has 0 radical (unpaired) electrons. The Balaban J connectivity index is 1.29. The van der Waals surface area contributed by atoms with Crippen molar-refractivity contribution < 1.29 is 24.5 Å². The molecule has 2 saturated heterocycles. The lowest BCUT2D eigenvalue weighted by Gasteiger charge is -2.37. The summed E-state index contributed by atoms with van der Waals surface area (Å²) in [4.78, 5) is 16.9. The van der Waals surface area contributed by atoms with Gasteiger partial charge >= 0.3 is 0 Å². The molecule has 11 heteroatoms. The van der Waals surface area contributed by atoms with Crippen LogP contribution in [-0.4, -0.2) is 101 Å². The molecular weight excluding hydrogens is 428 g/mol. The first-order valence-electron chi connectivity index (χ1n) is 11.2. The molecule has 0 spiro atoms. The number of piperazine rings is 1. The van der Waals surface area contributed by atoms with E-state index in [-0.39, 0.29) is 18.9 Å². The summed E-state index contributed by atoms with van der Waals surface area (Å²) in [7, 11) is 3.47. The van der Waals surface area contributed by atoms with Gasteiger partial charge in [-0.05, 0) is 19.2 Å². The second-order valence-electron chi connectivity index (χ2n) is 8.40. The molecule has 2 fully saturated rings. The topological polar surface area (TPSA) is 125 Å². The minimum absolute atomic E-state index is 0.0196. The van der Waals surface area contributed by atoms with Gasteiger partial charge in [-0.1, -0.05) is 17.3 Å². The Hall–Kier alpha value is -2.73. The van der Waals surface area contributed by atoms with Gasteiger partial charge in [0.05, 0.1) is 37.6 Å². The minimum Gasteiger partial charge on any atom is -0.495 e. The highest BCUT2D eigenvalue weighted by Crippen LogP contribution is 2.29. The number of rotatable bonds is 8. The van der Waals surface area contributed by atoms with Crippen LogP contribution in [0.1, 0.15) is 12.1 Å². The lowest BCUT2D eigenvalue weighted by Crippen LogP contribution is -2.50. The average molecular weight is 461 g/mol. The van der Waals surface area contributed by atoms with Crippen molar-refractivity contribution in [1.82, 2.24) is 25.2 Å². The number of benzene rings is 1. The zero-order valence-corrected chi connectivity index (χ0v) is 19.0. The summed E-state index contributed by atoms with van der Waals surface area (Å²) in [6.07, 6.45) is -1.87. The Morgan fingerprint density at radius 2 is 1.91 bits per heavy atom. The Kier molecular flexibility index (Phi) is 7.43. The van der Waals surface area contributed by atoms with E-state index in [0.717, 1.165) is 17.1 Å². The van der Waals surface area contributed by atoms with Crippen molar-refractivity contribution in [2.45, 2.75) is 43.9 Å². The van der Waals surface area contributed by atoms with Crippen molar-refractivity contribution in [1.29, 1.82) is 0 Å². The van der Waals surface area contributed by atoms with Gasteiger partial charge in [-0.3, -0.25) is 4.79 Å². The largest absolute Gasteiger partial charge is 0.495 e. The van der Waals surface area contributed by atoms with E-state index in [2.05, 4.69) is 20.5 Å². The number of hydrogen-bond acceptors (Lipinski definition) is 9. The lowest BCUT2D eigenvalue weighted by atomic mass is 10.0. The second-order valence-corrected chi connectivity index (χ2v) is 8.40. The van der Waals surface area contributed by atoms with Crippen molar-refractivity contribution in [3.05, 3.63) is 36.2 Å². The number of nitrogens with zero attached hydrogens (tertiary/aromatic N) is 5. The van der Waals surface area contributed by atoms with Crippen LogP contribution >= 0.6 is 0 Å². The first kappa shape index (κ1) is 23.4. The lowest BCUT2D eigenvalue weighted by molar-refractivity contribution is -0.135. The smallest absolute Gasteiger partial charge is 0.225 e. The molecule has 0 saturated carbocycles. The fraction of sp³-hybridized carbons (Fsp3) is 0.591. The highest BCUT2D eigenvalue weighted by Gasteiger charge is 2.44. The molecule has 2 aliphatic rings. The monoisotopic (exact) mass is 460 g/mol. The van der Waals surface area contributed by atoms with Gasteiger partial charge in [-0.15, -0.1) is 5.10 Å². The molecule has 3 N–H and O–H groups in total. The van der Waals surface area contributed by atoms with Crippen LogP contribution in [0.4, 0.5) is 5.69 Å². The summed E-state index contributed by atoms with van der Waals surface area (Å²) in [6, 6.07) is 7.84. The van der Waals surface area contributed by atoms with Gasteiger partial charge in [-0.25, -0.2) is 4.68 Å². The Morgan fingerprint density at radius 1 is 1.18 bits per heavy atom. The van der Waals surface area contributed by atoms with Crippen LogP contribution in [-0.2, 0) is 22.6 Å². The Labute approximate surface area is 192 Å². The fourth-order valence-corrected chi connectivity index (χ4v) is 4.41. The van der Waals surface area contributed by atoms with Gasteiger partial charge in [0.2, 0.25) is 5.91 Å². The van der Waals surface area contributed by atoms with Crippen LogP contribution in [0, 0.1) is 0 Å². The number of aliphatic hydroxyl groups is 2. The molecule has 11 nitrogen and oxygen atoms in total. The quantitative estimate of drug-likeness (QED) is 0.466. The van der Waals surface area contributed by atoms with E-state index in [1.165, 1.54) is 0 Å². The molecule has 0 bridgehead atoms. The fourth-order valence-electron chi connectivity index (χ4n) is 4.41. The molecule has 180 valence electrons. The van der Waals surface area contributed by atoms with E-state index in [1.807, 2.05) is 31.3 Å². The summed E-state index contributed by atoms with van der Waals surface area (Å²) in [5, 5.41) is 32.0. The highest BCUT2D eigenvalue weighted by molar-refractivity contribution is 5.77. The molecule has 2 aromatic rings.